The maximum Gasteiger partial charge on any atom is 0.238 e. The Bertz CT molecular complexity index is 870. The van der Waals surface area contributed by atoms with Crippen molar-refractivity contribution >= 4 is 35.6 Å². The fourth-order valence-electron chi connectivity index (χ4n) is 3.98. The molecule has 2 N–H and O–H groups in total. The number of carbonyl (C=O) groups excluding carboxylic acids is 2. The molecule has 0 aliphatic carbocycles. The Morgan fingerprint density at radius 1 is 1.31 bits per heavy atom. The lowest BCUT2D eigenvalue weighted by Crippen LogP contribution is -2.49. The molecular weight excluding hydrogens is 392 g/mol. The van der Waals surface area contributed by atoms with Crippen LogP contribution in [0.3, 0.4) is 0 Å². The molecule has 156 valence electrons. The van der Waals surface area contributed by atoms with Crippen molar-refractivity contribution in [3.05, 3.63) is 42.5 Å². The van der Waals surface area contributed by atoms with Crippen LogP contribution in [0.25, 0.3) is 0 Å². The fraction of sp³-hybridized carbons (Fsp3) is 0.450. The van der Waals surface area contributed by atoms with E-state index in [0.29, 0.717) is 18.7 Å². The van der Waals surface area contributed by atoms with Crippen LogP contribution in [0.1, 0.15) is 24.7 Å². The second kappa shape index (κ2) is 9.39. The Labute approximate surface area is 176 Å². The molecule has 0 saturated carbocycles. The normalized spacial score (nSPS) is 19.8. The highest BCUT2D eigenvalue weighted by Crippen LogP contribution is 2.29. The van der Waals surface area contributed by atoms with E-state index >= 15 is 0 Å². The molecule has 1 atom stereocenters. The van der Waals surface area contributed by atoms with Crippen LogP contribution in [0.15, 0.2) is 36.7 Å². The van der Waals surface area contributed by atoms with Gasteiger partial charge in [0.15, 0.2) is 0 Å². The summed E-state index contributed by atoms with van der Waals surface area (Å²) < 4.78 is 2.00. The second-order valence-corrected chi connectivity index (χ2v) is 7.30. The lowest BCUT2D eigenvalue weighted by atomic mass is 10.1. The molecule has 2 fully saturated rings. The summed E-state index contributed by atoms with van der Waals surface area (Å²) in [5.74, 6) is 0.974. The van der Waals surface area contributed by atoms with Crippen LogP contribution in [0.4, 0.5) is 11.4 Å². The zero-order chi connectivity index (χ0) is 19.5. The SMILES string of the molecule is Cl.Cn1ccnc1C1CNCCN1CC(=O)Nc1ccccc1N1CCCC1=O. The van der Waals surface area contributed by atoms with Gasteiger partial charge in [-0.2, -0.15) is 0 Å². The van der Waals surface area contributed by atoms with Gasteiger partial charge in [-0.05, 0) is 18.6 Å². The van der Waals surface area contributed by atoms with Gasteiger partial charge in [0.2, 0.25) is 11.8 Å². The summed E-state index contributed by atoms with van der Waals surface area (Å²) in [5, 5.41) is 6.40. The first-order chi connectivity index (χ1) is 13.6. The van der Waals surface area contributed by atoms with Crippen molar-refractivity contribution < 1.29 is 9.59 Å². The van der Waals surface area contributed by atoms with Crippen LogP contribution >= 0.6 is 12.4 Å². The number of rotatable bonds is 5. The molecule has 1 aromatic heterocycles. The molecule has 0 bridgehead atoms. The zero-order valence-corrected chi connectivity index (χ0v) is 17.3. The summed E-state index contributed by atoms with van der Waals surface area (Å²) in [6.07, 6.45) is 5.12. The highest BCUT2D eigenvalue weighted by Gasteiger charge is 2.29. The van der Waals surface area contributed by atoms with E-state index in [-0.39, 0.29) is 36.8 Å². The highest BCUT2D eigenvalue weighted by molar-refractivity contribution is 6.02. The van der Waals surface area contributed by atoms with Gasteiger partial charge in [0.05, 0.1) is 24.0 Å². The molecule has 3 heterocycles. The number of hydrogen-bond donors (Lipinski definition) is 2. The highest BCUT2D eigenvalue weighted by atomic mass is 35.5. The number of anilines is 2. The van der Waals surface area contributed by atoms with Gasteiger partial charge in [-0.15, -0.1) is 12.4 Å². The number of benzene rings is 1. The van der Waals surface area contributed by atoms with Gasteiger partial charge in [0.1, 0.15) is 5.82 Å². The molecule has 2 amide bonds. The van der Waals surface area contributed by atoms with Crippen molar-refractivity contribution in [2.45, 2.75) is 18.9 Å². The molecule has 8 nitrogen and oxygen atoms in total. The predicted molar refractivity (Wildman–Crippen MR) is 114 cm³/mol. The van der Waals surface area contributed by atoms with E-state index in [4.69, 9.17) is 0 Å². The third kappa shape index (κ3) is 4.60. The number of hydrogen-bond acceptors (Lipinski definition) is 5. The minimum Gasteiger partial charge on any atom is -0.337 e. The van der Waals surface area contributed by atoms with E-state index in [1.165, 1.54) is 0 Å². The van der Waals surface area contributed by atoms with E-state index in [2.05, 4.69) is 20.5 Å². The third-order valence-corrected chi connectivity index (χ3v) is 5.40. The number of halogens is 1. The quantitative estimate of drug-likeness (QED) is 0.769. The smallest absolute Gasteiger partial charge is 0.238 e. The number of nitrogens with one attached hydrogen (secondary N) is 2. The van der Waals surface area contributed by atoms with Gasteiger partial charge in [-0.25, -0.2) is 4.98 Å². The summed E-state index contributed by atoms with van der Waals surface area (Å²) in [4.78, 5) is 33.3. The molecule has 0 radical (unpaired) electrons. The van der Waals surface area contributed by atoms with Gasteiger partial charge in [-0.1, -0.05) is 12.1 Å². The molecule has 9 heteroatoms. The Balaban J connectivity index is 0.00000240. The van der Waals surface area contributed by atoms with Crippen LogP contribution in [0.5, 0.6) is 0 Å². The summed E-state index contributed by atoms with van der Waals surface area (Å²) in [6, 6.07) is 7.56. The van der Waals surface area contributed by atoms with E-state index in [1.807, 2.05) is 42.1 Å². The summed E-state index contributed by atoms with van der Waals surface area (Å²) in [5.41, 5.74) is 1.46. The molecule has 2 aliphatic heterocycles. The summed E-state index contributed by atoms with van der Waals surface area (Å²) >= 11 is 0. The van der Waals surface area contributed by atoms with Gasteiger partial charge in [0.25, 0.3) is 0 Å². The standard InChI is InChI=1S/C20H26N6O2.ClH/c1-24-11-9-22-20(24)17-13-21-8-12-25(17)14-18(27)23-15-5-2-3-6-16(15)26-10-4-7-19(26)28;/h2-3,5-6,9,11,17,21H,4,7-8,10,12-14H2,1H3,(H,23,27);1H. The molecule has 2 aromatic rings. The molecule has 2 aliphatic rings. The Kier molecular flexibility index (Phi) is 6.89. The number of aryl methyl sites for hydroxylation is 1. The van der Waals surface area contributed by atoms with E-state index in [9.17, 15) is 9.59 Å². The number of carbonyl (C=O) groups is 2. The van der Waals surface area contributed by atoms with E-state index < -0.39 is 0 Å². The number of amides is 2. The average Bonchev–Trinajstić information content (AvgIpc) is 3.31. The van der Waals surface area contributed by atoms with Crippen LogP contribution < -0.4 is 15.5 Å². The molecule has 0 spiro atoms. The van der Waals surface area contributed by atoms with Crippen LogP contribution in [0, 0.1) is 0 Å². The minimum absolute atomic E-state index is 0. The summed E-state index contributed by atoms with van der Waals surface area (Å²) in [6.45, 7) is 3.35. The maximum absolute atomic E-state index is 12.8. The van der Waals surface area contributed by atoms with Gasteiger partial charge in [0, 0.05) is 52.0 Å². The number of imidazole rings is 1. The lowest BCUT2D eigenvalue weighted by Gasteiger charge is -2.35. The third-order valence-electron chi connectivity index (χ3n) is 5.40. The topological polar surface area (TPSA) is 82.5 Å². The maximum atomic E-state index is 12.8. The minimum atomic E-state index is -0.0831. The van der Waals surface area contributed by atoms with Crippen molar-refractivity contribution in [3.63, 3.8) is 0 Å². The molecule has 29 heavy (non-hydrogen) atoms. The first kappa shape index (κ1) is 21.3. The number of para-hydroxylation sites is 2. The van der Waals surface area contributed by atoms with Crippen molar-refractivity contribution in [1.82, 2.24) is 19.8 Å². The number of aromatic nitrogens is 2. The van der Waals surface area contributed by atoms with Crippen molar-refractivity contribution in [2.24, 2.45) is 7.05 Å². The number of nitrogens with zero attached hydrogens (tertiary/aromatic N) is 4. The Morgan fingerprint density at radius 3 is 2.86 bits per heavy atom. The first-order valence-electron chi connectivity index (χ1n) is 9.74. The largest absolute Gasteiger partial charge is 0.337 e. The van der Waals surface area contributed by atoms with Gasteiger partial charge in [-0.3, -0.25) is 14.5 Å². The predicted octanol–water partition coefficient (Wildman–Crippen LogP) is 1.55. The lowest BCUT2D eigenvalue weighted by molar-refractivity contribution is -0.118. The van der Waals surface area contributed by atoms with Crippen molar-refractivity contribution in [2.75, 3.05) is 42.9 Å². The number of piperazine rings is 1. The molecule has 1 aromatic carbocycles. The van der Waals surface area contributed by atoms with Crippen LogP contribution in [-0.2, 0) is 16.6 Å². The first-order valence-corrected chi connectivity index (χ1v) is 9.74. The van der Waals surface area contributed by atoms with E-state index in [1.54, 1.807) is 11.1 Å². The molecular formula is C20H27ClN6O2. The molecule has 2 saturated heterocycles. The van der Waals surface area contributed by atoms with Crippen LogP contribution in [-0.4, -0.2) is 59.0 Å². The Hall–Kier alpha value is -2.42. The van der Waals surface area contributed by atoms with Gasteiger partial charge < -0.3 is 20.1 Å². The fourth-order valence-corrected chi connectivity index (χ4v) is 3.98. The second-order valence-electron chi connectivity index (χ2n) is 7.30. The molecule has 1 unspecified atom stereocenters. The van der Waals surface area contributed by atoms with Crippen molar-refractivity contribution in [3.8, 4) is 0 Å². The monoisotopic (exact) mass is 418 g/mol. The zero-order valence-electron chi connectivity index (χ0n) is 16.5. The van der Waals surface area contributed by atoms with Crippen LogP contribution in [0.2, 0.25) is 0 Å². The van der Waals surface area contributed by atoms with Gasteiger partial charge >= 0.3 is 0 Å². The summed E-state index contributed by atoms with van der Waals surface area (Å²) in [7, 11) is 1.97. The molecule has 4 rings (SSSR count). The van der Waals surface area contributed by atoms with Crippen molar-refractivity contribution in [1.29, 1.82) is 0 Å². The van der Waals surface area contributed by atoms with E-state index in [0.717, 1.165) is 37.6 Å². The average molecular weight is 419 g/mol. The Morgan fingerprint density at radius 2 is 2.14 bits per heavy atom.